The van der Waals surface area contributed by atoms with Crippen LogP contribution in [0, 0.1) is 0 Å². The first-order chi connectivity index (χ1) is 11.7. The fraction of sp³-hybridized carbons (Fsp3) is 0.474. The molecule has 1 amide bonds. The average Bonchev–Trinajstić information content (AvgIpc) is 2.63. The van der Waals surface area contributed by atoms with Gasteiger partial charge in [0, 0.05) is 18.1 Å². The first-order valence-corrected chi connectivity index (χ1v) is 8.73. The Balaban J connectivity index is 1.57. The highest BCUT2D eigenvalue weighted by Gasteiger charge is 2.36. The molecule has 2 unspecified atom stereocenters. The standard InChI is InChI=1S/C19H22N2O3/c22-18(21-11-12-24-17-8-4-3-7-16(17)21)13-20-10-9-14-5-1-2-6-15(14)19(20)23/h1-2,5-6,9-10,16-17H,3-4,7-8,11-13H2. The lowest BCUT2D eigenvalue weighted by Gasteiger charge is -2.43. The van der Waals surface area contributed by atoms with E-state index < -0.39 is 0 Å². The summed E-state index contributed by atoms with van der Waals surface area (Å²) in [6.07, 6.45) is 6.25. The Bertz CT molecular complexity index is 812. The highest BCUT2D eigenvalue weighted by molar-refractivity contribution is 5.82. The molecule has 0 N–H and O–H groups in total. The van der Waals surface area contributed by atoms with Gasteiger partial charge >= 0.3 is 0 Å². The number of carbonyl (C=O) groups is 1. The number of nitrogens with zero attached hydrogens (tertiary/aromatic N) is 2. The number of pyridine rings is 1. The molecule has 24 heavy (non-hydrogen) atoms. The lowest BCUT2D eigenvalue weighted by Crippen LogP contribution is -2.55. The summed E-state index contributed by atoms with van der Waals surface area (Å²) in [4.78, 5) is 27.4. The molecule has 2 fully saturated rings. The fourth-order valence-corrected chi connectivity index (χ4v) is 4.00. The van der Waals surface area contributed by atoms with Crippen LogP contribution < -0.4 is 5.56 Å². The summed E-state index contributed by atoms with van der Waals surface area (Å²) in [5.74, 6) is 0.0209. The van der Waals surface area contributed by atoms with Gasteiger partial charge in [0.2, 0.25) is 5.91 Å². The first-order valence-electron chi connectivity index (χ1n) is 8.73. The van der Waals surface area contributed by atoms with Gasteiger partial charge < -0.3 is 14.2 Å². The Kier molecular flexibility index (Phi) is 4.10. The lowest BCUT2D eigenvalue weighted by molar-refractivity contribution is -0.150. The van der Waals surface area contributed by atoms with Crippen molar-refractivity contribution in [2.24, 2.45) is 0 Å². The third kappa shape index (κ3) is 2.73. The van der Waals surface area contributed by atoms with E-state index in [0.29, 0.717) is 18.5 Å². The zero-order valence-corrected chi connectivity index (χ0v) is 13.7. The Labute approximate surface area is 140 Å². The van der Waals surface area contributed by atoms with Crippen LogP contribution in [0.2, 0.25) is 0 Å². The quantitative estimate of drug-likeness (QED) is 0.850. The molecule has 0 radical (unpaired) electrons. The third-order valence-electron chi connectivity index (χ3n) is 5.24. The van der Waals surface area contributed by atoms with Gasteiger partial charge in [-0.15, -0.1) is 0 Å². The largest absolute Gasteiger partial charge is 0.374 e. The van der Waals surface area contributed by atoms with Crippen molar-refractivity contribution in [3.63, 3.8) is 0 Å². The van der Waals surface area contributed by atoms with Crippen molar-refractivity contribution in [1.29, 1.82) is 0 Å². The maximum atomic E-state index is 12.8. The van der Waals surface area contributed by atoms with Gasteiger partial charge in [0.25, 0.3) is 5.56 Å². The summed E-state index contributed by atoms with van der Waals surface area (Å²) in [5.41, 5.74) is -0.102. The number of fused-ring (bicyclic) bond motifs is 2. The van der Waals surface area contributed by atoms with Crippen molar-refractivity contribution < 1.29 is 9.53 Å². The zero-order chi connectivity index (χ0) is 16.5. The maximum Gasteiger partial charge on any atom is 0.258 e. The van der Waals surface area contributed by atoms with Gasteiger partial charge in [-0.1, -0.05) is 31.0 Å². The molecule has 0 spiro atoms. The van der Waals surface area contributed by atoms with Crippen LogP contribution in [-0.2, 0) is 16.1 Å². The fourth-order valence-electron chi connectivity index (χ4n) is 4.00. The van der Waals surface area contributed by atoms with E-state index in [2.05, 4.69) is 0 Å². The molecule has 0 bridgehead atoms. The second-order valence-electron chi connectivity index (χ2n) is 6.68. The number of aromatic nitrogens is 1. The van der Waals surface area contributed by atoms with Gasteiger partial charge in [-0.3, -0.25) is 9.59 Å². The Hall–Kier alpha value is -2.14. The van der Waals surface area contributed by atoms with Crippen LogP contribution in [-0.4, -0.2) is 40.7 Å². The van der Waals surface area contributed by atoms with Crippen molar-refractivity contribution in [1.82, 2.24) is 9.47 Å². The van der Waals surface area contributed by atoms with Gasteiger partial charge in [-0.25, -0.2) is 0 Å². The molecule has 2 aromatic rings. The normalized spacial score (nSPS) is 23.9. The van der Waals surface area contributed by atoms with E-state index in [0.717, 1.165) is 24.6 Å². The highest BCUT2D eigenvalue weighted by atomic mass is 16.5. The van der Waals surface area contributed by atoms with Crippen LogP contribution in [0.3, 0.4) is 0 Å². The molecule has 1 aliphatic carbocycles. The molecule has 5 nitrogen and oxygen atoms in total. The lowest BCUT2D eigenvalue weighted by atomic mass is 9.90. The summed E-state index contributed by atoms with van der Waals surface area (Å²) in [5, 5.41) is 1.57. The molecule has 1 saturated carbocycles. The molecular formula is C19H22N2O3. The Morgan fingerprint density at radius 1 is 1.17 bits per heavy atom. The molecule has 2 aliphatic rings. The van der Waals surface area contributed by atoms with Crippen LogP contribution in [0.1, 0.15) is 25.7 Å². The number of hydrogen-bond acceptors (Lipinski definition) is 3. The summed E-state index contributed by atoms with van der Waals surface area (Å²) >= 11 is 0. The average molecular weight is 326 g/mol. The van der Waals surface area contributed by atoms with Gasteiger partial charge in [-0.2, -0.15) is 0 Å². The molecule has 1 aromatic heterocycles. The number of carbonyl (C=O) groups excluding carboxylic acids is 1. The van der Waals surface area contributed by atoms with E-state index in [1.54, 1.807) is 6.20 Å². The smallest absolute Gasteiger partial charge is 0.258 e. The van der Waals surface area contributed by atoms with Crippen LogP contribution in [0.5, 0.6) is 0 Å². The second-order valence-corrected chi connectivity index (χ2v) is 6.68. The SMILES string of the molecule is O=C(Cn1ccc2ccccc2c1=O)N1CCOC2CCCCC21. The number of rotatable bonds is 2. The second kappa shape index (κ2) is 6.40. The van der Waals surface area contributed by atoms with Gasteiger partial charge in [0.15, 0.2) is 0 Å². The number of morpholine rings is 1. The summed E-state index contributed by atoms with van der Waals surface area (Å²) in [7, 11) is 0. The Morgan fingerprint density at radius 2 is 2.00 bits per heavy atom. The van der Waals surface area contributed by atoms with Crippen LogP contribution >= 0.6 is 0 Å². The summed E-state index contributed by atoms with van der Waals surface area (Å²) < 4.78 is 7.36. The van der Waals surface area contributed by atoms with Gasteiger partial charge in [-0.05, 0) is 30.4 Å². The van der Waals surface area contributed by atoms with E-state index in [-0.39, 0.29) is 30.2 Å². The molecule has 4 rings (SSSR count). The minimum Gasteiger partial charge on any atom is -0.374 e. The molecule has 5 heteroatoms. The van der Waals surface area contributed by atoms with Crippen LogP contribution in [0.4, 0.5) is 0 Å². The number of benzene rings is 1. The Morgan fingerprint density at radius 3 is 2.92 bits per heavy atom. The number of ether oxygens (including phenoxy) is 1. The molecule has 2 atom stereocenters. The topological polar surface area (TPSA) is 51.5 Å². The van der Waals surface area contributed by atoms with Crippen molar-refractivity contribution in [3.8, 4) is 0 Å². The van der Waals surface area contributed by atoms with E-state index in [9.17, 15) is 9.59 Å². The van der Waals surface area contributed by atoms with Crippen LogP contribution in [0.25, 0.3) is 10.8 Å². The summed E-state index contributed by atoms with van der Waals surface area (Å²) in [6, 6.07) is 9.56. The first kappa shape index (κ1) is 15.4. The molecule has 2 heterocycles. The van der Waals surface area contributed by atoms with Crippen molar-refractivity contribution in [3.05, 3.63) is 46.9 Å². The van der Waals surface area contributed by atoms with Crippen molar-refractivity contribution >= 4 is 16.7 Å². The molecule has 126 valence electrons. The van der Waals surface area contributed by atoms with Crippen molar-refractivity contribution in [2.45, 2.75) is 44.4 Å². The zero-order valence-electron chi connectivity index (χ0n) is 13.7. The van der Waals surface area contributed by atoms with Crippen molar-refractivity contribution in [2.75, 3.05) is 13.2 Å². The van der Waals surface area contributed by atoms with E-state index in [1.165, 1.54) is 11.0 Å². The van der Waals surface area contributed by atoms with Crippen LogP contribution in [0.15, 0.2) is 41.3 Å². The predicted molar refractivity (Wildman–Crippen MR) is 91.9 cm³/mol. The predicted octanol–water partition coefficient (Wildman–Crippen LogP) is 2.17. The van der Waals surface area contributed by atoms with E-state index in [4.69, 9.17) is 4.74 Å². The van der Waals surface area contributed by atoms with E-state index in [1.807, 2.05) is 35.2 Å². The minimum atomic E-state index is -0.102. The van der Waals surface area contributed by atoms with Gasteiger partial charge in [0.1, 0.15) is 6.54 Å². The van der Waals surface area contributed by atoms with E-state index >= 15 is 0 Å². The monoisotopic (exact) mass is 326 g/mol. The minimum absolute atomic E-state index is 0.0209. The maximum absolute atomic E-state index is 12.8. The molecular weight excluding hydrogens is 304 g/mol. The highest BCUT2D eigenvalue weighted by Crippen LogP contribution is 2.28. The number of amides is 1. The molecule has 1 aliphatic heterocycles. The number of hydrogen-bond donors (Lipinski definition) is 0. The third-order valence-corrected chi connectivity index (χ3v) is 5.24. The summed E-state index contributed by atoms with van der Waals surface area (Å²) in [6.45, 7) is 1.33. The molecule has 1 saturated heterocycles. The van der Waals surface area contributed by atoms with Gasteiger partial charge in [0.05, 0.1) is 18.8 Å². The molecule has 1 aromatic carbocycles.